The van der Waals surface area contributed by atoms with Gasteiger partial charge in [0.1, 0.15) is 5.75 Å². The Bertz CT molecular complexity index is 638. The van der Waals surface area contributed by atoms with Gasteiger partial charge in [0.05, 0.1) is 12.6 Å². The van der Waals surface area contributed by atoms with Crippen LogP contribution < -0.4 is 4.74 Å². The van der Waals surface area contributed by atoms with Crippen molar-refractivity contribution < 1.29 is 9.53 Å². The summed E-state index contributed by atoms with van der Waals surface area (Å²) >= 11 is 1.82. The van der Waals surface area contributed by atoms with Crippen LogP contribution in [0.25, 0.3) is 0 Å². The van der Waals surface area contributed by atoms with E-state index >= 15 is 0 Å². The molecule has 1 aromatic carbocycles. The van der Waals surface area contributed by atoms with Gasteiger partial charge in [0.15, 0.2) is 0 Å². The van der Waals surface area contributed by atoms with Crippen LogP contribution in [0.2, 0.25) is 0 Å². The molecule has 0 spiro atoms. The Morgan fingerprint density at radius 3 is 2.91 bits per heavy atom. The van der Waals surface area contributed by atoms with Crippen molar-refractivity contribution in [3.63, 3.8) is 0 Å². The Labute approximate surface area is 141 Å². The van der Waals surface area contributed by atoms with Crippen molar-refractivity contribution >= 4 is 17.2 Å². The molecule has 3 rings (SSSR count). The molecule has 1 aromatic heterocycles. The van der Waals surface area contributed by atoms with Crippen molar-refractivity contribution in [2.24, 2.45) is 0 Å². The van der Waals surface area contributed by atoms with Crippen LogP contribution in [0.1, 0.15) is 42.7 Å². The summed E-state index contributed by atoms with van der Waals surface area (Å²) in [5, 5.41) is 2.15. The number of nitrogens with zero attached hydrogens (tertiary/aromatic N) is 1. The van der Waals surface area contributed by atoms with Gasteiger partial charge in [0.25, 0.3) is 0 Å². The van der Waals surface area contributed by atoms with E-state index in [4.69, 9.17) is 4.74 Å². The fourth-order valence-electron chi connectivity index (χ4n) is 3.21. The van der Waals surface area contributed by atoms with Crippen LogP contribution in [0, 0.1) is 0 Å². The lowest BCUT2D eigenvalue weighted by Crippen LogP contribution is -2.39. The van der Waals surface area contributed by atoms with Crippen LogP contribution in [-0.2, 0) is 11.2 Å². The van der Waals surface area contributed by atoms with E-state index in [-0.39, 0.29) is 11.9 Å². The predicted octanol–water partition coefficient (Wildman–Crippen LogP) is 4.44. The number of hydrogen-bond acceptors (Lipinski definition) is 3. The molecular formula is C19H23NO2S. The first-order chi connectivity index (χ1) is 11.3. The minimum absolute atomic E-state index is 0.255. The smallest absolute Gasteiger partial charge is 0.223 e. The second-order valence-electron chi connectivity index (χ2n) is 5.83. The van der Waals surface area contributed by atoms with E-state index in [9.17, 15) is 4.79 Å². The zero-order valence-corrected chi connectivity index (χ0v) is 14.3. The Kier molecular flexibility index (Phi) is 5.34. The Balaban J connectivity index is 1.50. The van der Waals surface area contributed by atoms with E-state index in [2.05, 4.69) is 23.3 Å². The molecule has 4 heteroatoms. The SMILES string of the molecule is CCC1c2ccsc2CCN1C(=O)CCCOc1ccccc1. The molecule has 23 heavy (non-hydrogen) atoms. The number of carbonyl (C=O) groups is 1. The lowest BCUT2D eigenvalue weighted by atomic mass is 9.97. The molecule has 0 radical (unpaired) electrons. The minimum atomic E-state index is 0.255. The largest absolute Gasteiger partial charge is 0.494 e. The molecule has 1 amide bonds. The molecule has 122 valence electrons. The standard InChI is InChI=1S/C19H23NO2S/c1-2-17-16-11-14-23-18(16)10-12-20(17)19(21)9-6-13-22-15-7-4-3-5-8-15/h3-5,7-8,11,14,17H,2,6,9-10,12-13H2,1H3. The summed E-state index contributed by atoms with van der Waals surface area (Å²) < 4.78 is 5.67. The zero-order valence-electron chi connectivity index (χ0n) is 13.5. The first kappa shape index (κ1) is 16.1. The van der Waals surface area contributed by atoms with Crippen molar-refractivity contribution in [1.82, 2.24) is 4.90 Å². The highest BCUT2D eigenvalue weighted by atomic mass is 32.1. The molecule has 3 nitrogen and oxygen atoms in total. The number of amides is 1. The molecule has 1 aliphatic rings. The van der Waals surface area contributed by atoms with Crippen LogP contribution in [0.15, 0.2) is 41.8 Å². The molecule has 0 aliphatic carbocycles. The van der Waals surface area contributed by atoms with Gasteiger partial charge in [-0.3, -0.25) is 4.79 Å². The van der Waals surface area contributed by atoms with E-state index in [0.29, 0.717) is 13.0 Å². The van der Waals surface area contributed by atoms with E-state index < -0.39 is 0 Å². The molecule has 1 atom stereocenters. The van der Waals surface area contributed by atoms with Crippen LogP contribution >= 0.6 is 11.3 Å². The third-order valence-corrected chi connectivity index (χ3v) is 5.35. The maximum Gasteiger partial charge on any atom is 0.223 e. The topological polar surface area (TPSA) is 29.5 Å². The third-order valence-electron chi connectivity index (χ3n) is 4.35. The van der Waals surface area contributed by atoms with Gasteiger partial charge in [0, 0.05) is 17.8 Å². The number of rotatable bonds is 6. The summed E-state index contributed by atoms with van der Waals surface area (Å²) in [6.45, 7) is 3.60. The minimum Gasteiger partial charge on any atom is -0.494 e. The van der Waals surface area contributed by atoms with Gasteiger partial charge >= 0.3 is 0 Å². The predicted molar refractivity (Wildman–Crippen MR) is 93.9 cm³/mol. The average molecular weight is 329 g/mol. The number of hydrogen-bond donors (Lipinski definition) is 0. The first-order valence-corrected chi connectivity index (χ1v) is 9.21. The molecular weight excluding hydrogens is 306 g/mol. The second-order valence-corrected chi connectivity index (χ2v) is 6.83. The van der Waals surface area contributed by atoms with E-state index in [1.165, 1.54) is 10.4 Å². The lowest BCUT2D eigenvalue weighted by molar-refractivity contribution is -0.134. The summed E-state index contributed by atoms with van der Waals surface area (Å²) in [5.74, 6) is 1.12. The molecule has 2 heterocycles. The lowest BCUT2D eigenvalue weighted by Gasteiger charge is -2.35. The Morgan fingerprint density at radius 2 is 2.13 bits per heavy atom. The number of fused-ring (bicyclic) bond motifs is 1. The molecule has 0 saturated heterocycles. The van der Waals surface area contributed by atoms with Crippen molar-refractivity contribution in [1.29, 1.82) is 0 Å². The van der Waals surface area contributed by atoms with Gasteiger partial charge in [-0.15, -0.1) is 11.3 Å². The van der Waals surface area contributed by atoms with Crippen LogP contribution in [-0.4, -0.2) is 24.0 Å². The zero-order chi connectivity index (χ0) is 16.1. The summed E-state index contributed by atoms with van der Waals surface area (Å²) in [6.07, 6.45) is 3.30. The van der Waals surface area contributed by atoms with Crippen LogP contribution in [0.3, 0.4) is 0 Å². The quantitative estimate of drug-likeness (QED) is 0.733. The average Bonchev–Trinajstić information content (AvgIpc) is 3.07. The monoisotopic (exact) mass is 329 g/mol. The van der Waals surface area contributed by atoms with Gasteiger partial charge in [0.2, 0.25) is 5.91 Å². The first-order valence-electron chi connectivity index (χ1n) is 8.33. The number of thiophene rings is 1. The highest BCUT2D eigenvalue weighted by molar-refractivity contribution is 7.10. The normalized spacial score (nSPS) is 16.9. The second kappa shape index (κ2) is 7.64. The summed E-state index contributed by atoms with van der Waals surface area (Å²) in [4.78, 5) is 16.1. The third kappa shape index (κ3) is 3.75. The maximum absolute atomic E-state index is 12.6. The molecule has 1 aliphatic heterocycles. The van der Waals surface area contributed by atoms with Crippen molar-refractivity contribution in [2.45, 2.75) is 38.6 Å². The van der Waals surface area contributed by atoms with Crippen molar-refractivity contribution in [2.75, 3.05) is 13.2 Å². The highest BCUT2D eigenvalue weighted by Crippen LogP contribution is 2.35. The van der Waals surface area contributed by atoms with Gasteiger partial charge in [-0.25, -0.2) is 0 Å². The number of para-hydroxylation sites is 1. The summed E-state index contributed by atoms with van der Waals surface area (Å²) in [6, 6.07) is 12.2. The van der Waals surface area contributed by atoms with E-state index in [1.54, 1.807) is 0 Å². The molecule has 2 aromatic rings. The molecule has 1 unspecified atom stereocenters. The molecule has 0 N–H and O–H groups in total. The highest BCUT2D eigenvalue weighted by Gasteiger charge is 2.29. The van der Waals surface area contributed by atoms with Crippen molar-refractivity contribution in [3.8, 4) is 5.75 Å². The van der Waals surface area contributed by atoms with Crippen molar-refractivity contribution in [3.05, 3.63) is 52.2 Å². The van der Waals surface area contributed by atoms with Gasteiger partial charge < -0.3 is 9.64 Å². The van der Waals surface area contributed by atoms with Crippen LogP contribution in [0.5, 0.6) is 5.75 Å². The molecule has 0 bridgehead atoms. The summed E-state index contributed by atoms with van der Waals surface area (Å²) in [5.41, 5.74) is 1.36. The fourth-order valence-corrected chi connectivity index (χ4v) is 4.14. The number of benzene rings is 1. The number of carbonyl (C=O) groups excluding carboxylic acids is 1. The molecule has 0 saturated carbocycles. The fraction of sp³-hybridized carbons (Fsp3) is 0.421. The Hall–Kier alpha value is -1.81. The van der Waals surface area contributed by atoms with Gasteiger partial charge in [-0.2, -0.15) is 0 Å². The van der Waals surface area contributed by atoms with Gasteiger partial charge in [-0.1, -0.05) is 25.1 Å². The molecule has 0 fully saturated rings. The van der Waals surface area contributed by atoms with E-state index in [1.807, 2.05) is 41.7 Å². The Morgan fingerprint density at radius 1 is 1.30 bits per heavy atom. The maximum atomic E-state index is 12.6. The number of ether oxygens (including phenoxy) is 1. The van der Waals surface area contributed by atoms with Crippen LogP contribution in [0.4, 0.5) is 0 Å². The van der Waals surface area contributed by atoms with Gasteiger partial charge in [-0.05, 0) is 48.4 Å². The summed E-state index contributed by atoms with van der Waals surface area (Å²) in [7, 11) is 0. The van der Waals surface area contributed by atoms with E-state index in [0.717, 1.165) is 31.6 Å².